The number of rotatable bonds is 3. The minimum absolute atomic E-state index is 0.0545. The average Bonchev–Trinajstić information content (AvgIpc) is 2.29. The van der Waals surface area contributed by atoms with E-state index in [-0.39, 0.29) is 23.3 Å². The van der Waals surface area contributed by atoms with Crippen molar-refractivity contribution in [1.82, 2.24) is 10.6 Å². The van der Waals surface area contributed by atoms with Crippen LogP contribution in [0.5, 0.6) is 0 Å². The predicted molar refractivity (Wildman–Crippen MR) is 80.0 cm³/mol. The molecular weight excluding hydrogens is 398 g/mol. The molecule has 2 amide bonds. The number of carbonyl (C=O) groups excluding carboxylic acids is 2. The first-order chi connectivity index (χ1) is 9.01. The number of carbonyl (C=O) groups is 2. The van der Waals surface area contributed by atoms with E-state index in [1.807, 2.05) is 0 Å². The lowest BCUT2D eigenvalue weighted by Crippen LogP contribution is -2.47. The van der Waals surface area contributed by atoms with Crippen LogP contribution in [0.15, 0.2) is 17.1 Å². The van der Waals surface area contributed by atoms with Crippen molar-refractivity contribution < 1.29 is 19.5 Å². The Hall–Kier alpha value is -1.09. The van der Waals surface area contributed by atoms with Gasteiger partial charge in [0.15, 0.2) is 6.26 Å². The van der Waals surface area contributed by atoms with Gasteiger partial charge in [0, 0.05) is 0 Å². The number of hydrogen-bond donors (Lipinski definition) is 2. The second-order valence-electron chi connectivity index (χ2n) is 5.00. The second-order valence-corrected chi connectivity index (χ2v) is 8.96. The van der Waals surface area contributed by atoms with Crippen molar-refractivity contribution in [3.8, 4) is 0 Å². The van der Waals surface area contributed by atoms with Crippen molar-refractivity contribution in [3.63, 3.8) is 0 Å². The van der Waals surface area contributed by atoms with E-state index < -0.39 is 8.65 Å². The van der Waals surface area contributed by atoms with E-state index in [4.69, 9.17) is 0 Å². The van der Waals surface area contributed by atoms with Gasteiger partial charge < -0.3 is 10.6 Å². The maximum absolute atomic E-state index is 11.9. The summed E-state index contributed by atoms with van der Waals surface area (Å²) in [4.78, 5) is 32.7. The van der Waals surface area contributed by atoms with Gasteiger partial charge in [0.1, 0.15) is 5.70 Å². The Balaban J connectivity index is 2.81. The van der Waals surface area contributed by atoms with Crippen molar-refractivity contribution in [2.24, 2.45) is 5.16 Å². The predicted octanol–water partition coefficient (Wildman–Crippen LogP) is 1.68. The number of amides is 2. The molecule has 1 rings (SSSR count). The Morgan fingerprint density at radius 2 is 1.60 bits per heavy atom. The van der Waals surface area contributed by atoms with Gasteiger partial charge in [0.05, 0.1) is 8.65 Å². The van der Waals surface area contributed by atoms with Gasteiger partial charge in [-0.25, -0.2) is 0 Å². The lowest BCUT2D eigenvalue weighted by molar-refractivity contribution is -0.253. The summed E-state index contributed by atoms with van der Waals surface area (Å²) in [6, 6.07) is 0. The van der Waals surface area contributed by atoms with Gasteiger partial charge in [0.25, 0.3) is 0 Å². The molecule has 0 aliphatic carbocycles. The number of alkyl halides is 2. The summed E-state index contributed by atoms with van der Waals surface area (Å²) < 4.78 is -1.58. The standard InChI is InChI=1S/C11H15Br2N3O4/c1-10(2,12)8(17)14-6-5-19-20-16-7(6)15-9(18)11(3,4)13/h5H,1-4H3,(H,14,17)(H,15,16,18). The van der Waals surface area contributed by atoms with Crippen LogP contribution in [0.3, 0.4) is 0 Å². The fourth-order valence-electron chi connectivity index (χ4n) is 0.939. The highest BCUT2D eigenvalue weighted by Crippen LogP contribution is 2.18. The zero-order chi connectivity index (χ0) is 15.6. The Kier molecular flexibility index (Phi) is 5.20. The maximum atomic E-state index is 11.9. The lowest BCUT2D eigenvalue weighted by atomic mass is 10.2. The summed E-state index contributed by atoms with van der Waals surface area (Å²) >= 11 is 6.45. The molecule has 9 heteroatoms. The molecule has 0 aromatic carbocycles. The van der Waals surface area contributed by atoms with Crippen LogP contribution in [-0.2, 0) is 19.5 Å². The third-order valence-corrected chi connectivity index (χ3v) is 2.87. The first-order valence-electron chi connectivity index (χ1n) is 5.63. The normalized spacial score (nSPS) is 15.3. The summed E-state index contributed by atoms with van der Waals surface area (Å²) in [6.45, 7) is 6.71. The summed E-state index contributed by atoms with van der Waals surface area (Å²) in [5.74, 6) is -0.617. The molecule has 0 aromatic heterocycles. The number of halogens is 2. The van der Waals surface area contributed by atoms with Crippen molar-refractivity contribution in [2.45, 2.75) is 36.3 Å². The van der Waals surface area contributed by atoms with Crippen LogP contribution in [0.1, 0.15) is 27.7 Å². The minimum atomic E-state index is -0.794. The smallest absolute Gasteiger partial charge is 0.242 e. The number of nitrogens with zero attached hydrogens (tertiary/aromatic N) is 1. The first kappa shape index (κ1) is 17.0. The molecule has 0 spiro atoms. The molecule has 0 saturated carbocycles. The summed E-state index contributed by atoms with van der Waals surface area (Å²) in [7, 11) is 0. The molecule has 112 valence electrons. The van der Waals surface area contributed by atoms with Crippen molar-refractivity contribution in [2.75, 3.05) is 0 Å². The van der Waals surface area contributed by atoms with E-state index >= 15 is 0 Å². The molecule has 0 fully saturated rings. The third-order valence-electron chi connectivity index (χ3n) is 2.15. The summed E-state index contributed by atoms with van der Waals surface area (Å²) in [5, 5.41) is 8.64. The van der Waals surface area contributed by atoms with Gasteiger partial charge in [-0.05, 0) is 32.9 Å². The van der Waals surface area contributed by atoms with Gasteiger partial charge in [-0.1, -0.05) is 31.9 Å². The Morgan fingerprint density at radius 1 is 1.10 bits per heavy atom. The first-order valence-corrected chi connectivity index (χ1v) is 7.22. The van der Waals surface area contributed by atoms with Crippen LogP contribution in [0, 0.1) is 0 Å². The van der Waals surface area contributed by atoms with E-state index in [2.05, 4.69) is 57.5 Å². The van der Waals surface area contributed by atoms with E-state index in [1.54, 1.807) is 27.7 Å². The van der Waals surface area contributed by atoms with Crippen molar-refractivity contribution in [1.29, 1.82) is 0 Å². The molecule has 1 aliphatic heterocycles. The van der Waals surface area contributed by atoms with E-state index in [9.17, 15) is 9.59 Å². The molecular formula is C11H15Br2N3O4. The topological polar surface area (TPSA) is 89.0 Å². The van der Waals surface area contributed by atoms with Gasteiger partial charge in [-0.2, -0.15) is 4.99 Å². The van der Waals surface area contributed by atoms with E-state index in [0.29, 0.717) is 0 Å². The van der Waals surface area contributed by atoms with Crippen LogP contribution < -0.4 is 10.6 Å². The fourth-order valence-corrected chi connectivity index (χ4v) is 1.14. The van der Waals surface area contributed by atoms with Gasteiger partial charge >= 0.3 is 0 Å². The molecule has 0 unspecified atom stereocenters. The van der Waals surface area contributed by atoms with Crippen LogP contribution in [0.25, 0.3) is 0 Å². The van der Waals surface area contributed by atoms with Crippen LogP contribution >= 0.6 is 31.9 Å². The number of oxime groups is 1. The molecule has 7 nitrogen and oxygen atoms in total. The molecule has 0 atom stereocenters. The highest BCUT2D eigenvalue weighted by molar-refractivity contribution is 9.10. The lowest BCUT2D eigenvalue weighted by Gasteiger charge is -2.21. The third kappa shape index (κ3) is 4.78. The molecule has 0 aromatic rings. The molecule has 20 heavy (non-hydrogen) atoms. The van der Waals surface area contributed by atoms with Crippen molar-refractivity contribution >= 4 is 49.5 Å². The number of nitrogens with one attached hydrogen (secondary N) is 2. The minimum Gasteiger partial charge on any atom is -0.319 e. The van der Waals surface area contributed by atoms with Crippen LogP contribution in [0.2, 0.25) is 0 Å². The molecule has 0 radical (unpaired) electrons. The fraction of sp³-hybridized carbons (Fsp3) is 0.545. The van der Waals surface area contributed by atoms with Crippen molar-refractivity contribution in [3.05, 3.63) is 12.0 Å². The van der Waals surface area contributed by atoms with Gasteiger partial charge in [0.2, 0.25) is 17.6 Å². The quantitative estimate of drug-likeness (QED) is 0.545. The number of amidine groups is 1. The molecule has 1 heterocycles. The maximum Gasteiger partial charge on any atom is 0.242 e. The molecule has 0 saturated heterocycles. The highest BCUT2D eigenvalue weighted by Gasteiger charge is 2.30. The monoisotopic (exact) mass is 411 g/mol. The van der Waals surface area contributed by atoms with E-state index in [1.165, 1.54) is 0 Å². The largest absolute Gasteiger partial charge is 0.319 e. The average molecular weight is 413 g/mol. The molecule has 2 N–H and O–H groups in total. The molecule has 1 aliphatic rings. The van der Waals surface area contributed by atoms with Gasteiger partial charge in [-0.3, -0.25) is 14.5 Å². The summed E-state index contributed by atoms with van der Waals surface area (Å²) in [5.41, 5.74) is 0.193. The van der Waals surface area contributed by atoms with Crippen LogP contribution in [0.4, 0.5) is 0 Å². The van der Waals surface area contributed by atoms with Gasteiger partial charge in [-0.15, -0.1) is 0 Å². The highest BCUT2D eigenvalue weighted by atomic mass is 79.9. The Morgan fingerprint density at radius 3 is 2.10 bits per heavy atom. The number of hydrogen-bond acceptors (Lipinski definition) is 5. The zero-order valence-electron chi connectivity index (χ0n) is 11.4. The molecule has 0 bridgehead atoms. The second kappa shape index (κ2) is 6.13. The summed E-state index contributed by atoms with van der Waals surface area (Å²) in [6.07, 6.45) is 1.14. The van der Waals surface area contributed by atoms with E-state index in [0.717, 1.165) is 6.26 Å². The zero-order valence-corrected chi connectivity index (χ0v) is 14.6. The Bertz CT molecular complexity index is 431. The SMILES string of the molecule is CC(C)(Br)C(=O)NC1=COON=C1NC(=O)C(C)(C)Br. The van der Waals surface area contributed by atoms with Crippen LogP contribution in [-0.4, -0.2) is 26.3 Å². The Labute approximate surface area is 133 Å².